The zero-order valence-corrected chi connectivity index (χ0v) is 11.5. The maximum atomic E-state index is 12.0. The minimum Gasteiger partial charge on any atom is -0.393 e. The van der Waals surface area contributed by atoms with Gasteiger partial charge in [0, 0.05) is 18.2 Å². The van der Waals surface area contributed by atoms with Crippen molar-refractivity contribution >= 4 is 15.7 Å². The van der Waals surface area contributed by atoms with Crippen LogP contribution >= 0.6 is 0 Å². The first kappa shape index (κ1) is 15.5. The van der Waals surface area contributed by atoms with Crippen LogP contribution in [0.4, 0.5) is 5.69 Å². The van der Waals surface area contributed by atoms with Crippen molar-refractivity contribution < 1.29 is 18.4 Å². The van der Waals surface area contributed by atoms with Crippen LogP contribution in [0.15, 0.2) is 23.1 Å². The number of sulfonamides is 1. The van der Waals surface area contributed by atoms with E-state index in [1.54, 1.807) is 6.92 Å². The first-order valence-electron chi connectivity index (χ1n) is 5.67. The summed E-state index contributed by atoms with van der Waals surface area (Å²) in [6.45, 7) is 3.01. The molecule has 1 rings (SSSR count). The van der Waals surface area contributed by atoms with E-state index in [4.69, 9.17) is 5.11 Å². The second kappa shape index (κ2) is 6.09. The van der Waals surface area contributed by atoms with E-state index in [9.17, 15) is 18.5 Å². The molecule has 0 amide bonds. The van der Waals surface area contributed by atoms with Crippen LogP contribution in [0.1, 0.15) is 18.9 Å². The molecule has 0 radical (unpaired) electrons. The van der Waals surface area contributed by atoms with Crippen molar-refractivity contribution in [3.8, 4) is 0 Å². The summed E-state index contributed by atoms with van der Waals surface area (Å²) in [5, 5.41) is 19.8. The lowest BCUT2D eigenvalue weighted by atomic mass is 10.2. The van der Waals surface area contributed by atoms with Crippen LogP contribution < -0.4 is 4.72 Å². The topological polar surface area (TPSA) is 110 Å². The van der Waals surface area contributed by atoms with Gasteiger partial charge in [0.15, 0.2) is 0 Å². The second-order valence-electron chi connectivity index (χ2n) is 4.19. The van der Waals surface area contributed by atoms with Gasteiger partial charge in [0.1, 0.15) is 0 Å². The highest BCUT2D eigenvalue weighted by Crippen LogP contribution is 2.24. The molecule has 1 atom stereocenters. The van der Waals surface area contributed by atoms with Crippen molar-refractivity contribution in [2.45, 2.75) is 31.3 Å². The lowest BCUT2D eigenvalue weighted by Crippen LogP contribution is -2.27. The highest BCUT2D eigenvalue weighted by molar-refractivity contribution is 7.89. The third-order valence-corrected chi connectivity index (χ3v) is 4.20. The predicted molar refractivity (Wildman–Crippen MR) is 69.3 cm³/mol. The summed E-state index contributed by atoms with van der Waals surface area (Å²) in [7, 11) is -3.81. The normalized spacial score (nSPS) is 13.2. The summed E-state index contributed by atoms with van der Waals surface area (Å²) in [5.74, 6) is 0. The van der Waals surface area contributed by atoms with Gasteiger partial charge in [-0.3, -0.25) is 10.1 Å². The van der Waals surface area contributed by atoms with Gasteiger partial charge in [-0.05, 0) is 26.3 Å². The Morgan fingerprint density at radius 3 is 2.63 bits per heavy atom. The van der Waals surface area contributed by atoms with Gasteiger partial charge in [-0.2, -0.15) is 0 Å². The molecule has 0 aliphatic carbocycles. The summed E-state index contributed by atoms with van der Waals surface area (Å²) in [5.41, 5.74) is -0.143. The number of nitrogens with one attached hydrogen (secondary N) is 1. The van der Waals surface area contributed by atoms with Gasteiger partial charge < -0.3 is 5.11 Å². The molecule has 8 heteroatoms. The average Bonchev–Trinajstić information content (AvgIpc) is 2.27. The summed E-state index contributed by atoms with van der Waals surface area (Å²) in [6.07, 6.45) is -0.346. The third-order valence-electron chi connectivity index (χ3n) is 2.60. The molecule has 0 saturated carbocycles. The number of hydrogen-bond donors (Lipinski definition) is 2. The molecular formula is C11H16N2O5S. The molecule has 1 aromatic carbocycles. The summed E-state index contributed by atoms with van der Waals surface area (Å²) >= 11 is 0. The van der Waals surface area contributed by atoms with Crippen molar-refractivity contribution in [1.82, 2.24) is 4.72 Å². The summed E-state index contributed by atoms with van der Waals surface area (Å²) < 4.78 is 26.3. The van der Waals surface area contributed by atoms with Crippen LogP contribution in [0.2, 0.25) is 0 Å². The van der Waals surface area contributed by atoms with Gasteiger partial charge in [0.25, 0.3) is 5.69 Å². The van der Waals surface area contributed by atoms with Crippen LogP contribution in [0.5, 0.6) is 0 Å². The Labute approximate surface area is 111 Å². The fourth-order valence-electron chi connectivity index (χ4n) is 1.57. The number of nitrogens with zero attached hydrogens (tertiary/aromatic N) is 1. The zero-order valence-electron chi connectivity index (χ0n) is 10.7. The van der Waals surface area contributed by atoms with Gasteiger partial charge >= 0.3 is 0 Å². The van der Waals surface area contributed by atoms with Crippen LogP contribution in [0, 0.1) is 17.0 Å². The molecule has 0 aromatic heterocycles. The molecule has 19 heavy (non-hydrogen) atoms. The van der Waals surface area contributed by atoms with Gasteiger partial charge in [0.2, 0.25) is 10.0 Å². The summed E-state index contributed by atoms with van der Waals surface area (Å²) in [6, 6.07) is 3.89. The van der Waals surface area contributed by atoms with Crippen molar-refractivity contribution in [3.05, 3.63) is 33.9 Å². The highest BCUT2D eigenvalue weighted by Gasteiger charge is 2.22. The molecule has 0 bridgehead atoms. The van der Waals surface area contributed by atoms with E-state index in [1.165, 1.54) is 25.1 Å². The average molecular weight is 288 g/mol. The van der Waals surface area contributed by atoms with Gasteiger partial charge in [-0.15, -0.1) is 0 Å². The second-order valence-corrected chi connectivity index (χ2v) is 5.93. The molecule has 1 unspecified atom stereocenters. The van der Waals surface area contributed by atoms with Crippen molar-refractivity contribution in [3.63, 3.8) is 0 Å². The Hall–Kier alpha value is -1.51. The number of rotatable bonds is 6. The fraction of sp³-hybridized carbons (Fsp3) is 0.455. The van der Waals surface area contributed by atoms with Gasteiger partial charge in [-0.1, -0.05) is 6.07 Å². The SMILES string of the molecule is Cc1c([N+](=O)[O-])cccc1S(=O)(=O)NCCC(C)O. The van der Waals surface area contributed by atoms with E-state index in [-0.39, 0.29) is 29.1 Å². The van der Waals surface area contributed by atoms with Crippen LogP contribution in [0.3, 0.4) is 0 Å². The minimum atomic E-state index is -3.81. The number of aliphatic hydroxyl groups excluding tert-OH is 1. The lowest BCUT2D eigenvalue weighted by molar-refractivity contribution is -0.385. The van der Waals surface area contributed by atoms with E-state index in [0.717, 1.165) is 0 Å². The molecule has 0 heterocycles. The predicted octanol–water partition coefficient (Wildman–Crippen LogP) is 0.952. The number of hydrogen-bond acceptors (Lipinski definition) is 5. The molecular weight excluding hydrogens is 272 g/mol. The fourth-order valence-corrected chi connectivity index (χ4v) is 2.88. The molecule has 0 fully saturated rings. The van der Waals surface area contributed by atoms with Crippen molar-refractivity contribution in [1.29, 1.82) is 0 Å². The Bertz CT molecular complexity index is 568. The number of benzene rings is 1. The Balaban J connectivity index is 3.02. The molecule has 7 nitrogen and oxygen atoms in total. The Morgan fingerprint density at radius 2 is 2.11 bits per heavy atom. The monoisotopic (exact) mass is 288 g/mol. The Kier molecular flexibility index (Phi) is 4.98. The van der Waals surface area contributed by atoms with Crippen LogP contribution in [-0.2, 0) is 10.0 Å². The molecule has 0 saturated heterocycles. The highest BCUT2D eigenvalue weighted by atomic mass is 32.2. The third kappa shape index (κ3) is 3.98. The first-order chi connectivity index (χ1) is 8.75. The van der Waals surface area contributed by atoms with E-state index < -0.39 is 21.1 Å². The van der Waals surface area contributed by atoms with Gasteiger partial charge in [-0.25, -0.2) is 13.1 Å². The zero-order chi connectivity index (χ0) is 14.6. The number of nitro groups is 1. The van der Waals surface area contributed by atoms with Crippen molar-refractivity contribution in [2.75, 3.05) is 6.54 Å². The molecule has 2 N–H and O–H groups in total. The van der Waals surface area contributed by atoms with E-state index in [0.29, 0.717) is 0 Å². The van der Waals surface area contributed by atoms with E-state index in [1.807, 2.05) is 0 Å². The van der Waals surface area contributed by atoms with Crippen LogP contribution in [-0.4, -0.2) is 31.1 Å². The molecule has 106 valence electrons. The lowest BCUT2D eigenvalue weighted by Gasteiger charge is -2.10. The maximum Gasteiger partial charge on any atom is 0.273 e. The number of aliphatic hydroxyl groups is 1. The number of nitro benzene ring substituents is 1. The molecule has 0 spiro atoms. The Morgan fingerprint density at radius 1 is 1.47 bits per heavy atom. The standard InChI is InChI=1S/C11H16N2O5S/c1-8(14)6-7-12-19(17,18)11-5-3-4-10(9(11)2)13(15)16/h3-5,8,12,14H,6-7H2,1-2H3. The minimum absolute atomic E-state index is 0.0716. The van der Waals surface area contributed by atoms with Crippen molar-refractivity contribution in [2.24, 2.45) is 0 Å². The molecule has 0 aliphatic rings. The van der Waals surface area contributed by atoms with E-state index in [2.05, 4.69) is 4.72 Å². The maximum absolute atomic E-state index is 12.0. The summed E-state index contributed by atoms with van der Waals surface area (Å²) in [4.78, 5) is 10.0. The molecule has 1 aromatic rings. The first-order valence-corrected chi connectivity index (χ1v) is 7.15. The van der Waals surface area contributed by atoms with E-state index >= 15 is 0 Å². The smallest absolute Gasteiger partial charge is 0.273 e. The quantitative estimate of drug-likeness (QED) is 0.598. The molecule has 0 aliphatic heterocycles. The van der Waals surface area contributed by atoms with Crippen LogP contribution in [0.25, 0.3) is 0 Å². The largest absolute Gasteiger partial charge is 0.393 e. The van der Waals surface area contributed by atoms with Gasteiger partial charge in [0.05, 0.1) is 15.9 Å².